The Morgan fingerprint density at radius 3 is 2.85 bits per heavy atom. The molecule has 0 spiro atoms. The number of anilines is 1. The molecule has 1 saturated heterocycles. The number of nitrogens with one attached hydrogen (secondary N) is 2. The second kappa shape index (κ2) is 12.2. The number of aliphatic hydroxyl groups excluding tert-OH is 1. The topological polar surface area (TPSA) is 172 Å². The van der Waals surface area contributed by atoms with E-state index in [1.165, 1.54) is 29.8 Å². The van der Waals surface area contributed by atoms with E-state index in [9.17, 15) is 9.90 Å². The van der Waals surface area contributed by atoms with Crippen molar-refractivity contribution in [2.24, 2.45) is 5.11 Å². The first kappa shape index (κ1) is 27.2. The lowest BCUT2D eigenvalue weighted by Crippen LogP contribution is -2.40. The van der Waals surface area contributed by atoms with Gasteiger partial charge in [0, 0.05) is 35.5 Å². The standard InChI is InChI=1S/C26H26ClN9O4/c1-29-25(38)22-19(34-35-28)21(37)26(40-22)36-14-33-20-23(31-13-32-24(20)36)30-12-16-11-17(27)7-8-18(16)39-10-9-15-5-3-2-4-6-15/h2-8,11,13-14,19,21-22,26,37H,9-10,12H2,1H3,(H,29,38)(H,30,31,32)/t19-,21+,22-,26+/m0/s1. The number of nitrogens with zero attached hydrogens (tertiary/aromatic N) is 7. The summed E-state index contributed by atoms with van der Waals surface area (Å²) in [7, 11) is 1.43. The number of ether oxygens (including phenoxy) is 2. The summed E-state index contributed by atoms with van der Waals surface area (Å²) in [6.07, 6.45) is -0.0277. The minimum atomic E-state index is -1.32. The van der Waals surface area contributed by atoms with Crippen molar-refractivity contribution in [2.45, 2.75) is 37.4 Å². The third-order valence-corrected chi connectivity index (χ3v) is 6.76. The zero-order valence-electron chi connectivity index (χ0n) is 21.4. The van der Waals surface area contributed by atoms with Crippen molar-refractivity contribution >= 4 is 34.5 Å². The molecule has 13 nitrogen and oxygen atoms in total. The summed E-state index contributed by atoms with van der Waals surface area (Å²) in [6, 6.07) is 14.4. The molecule has 206 valence electrons. The molecule has 1 aliphatic rings. The predicted octanol–water partition coefficient (Wildman–Crippen LogP) is 3.40. The molecule has 3 heterocycles. The Morgan fingerprint density at radius 1 is 1.25 bits per heavy atom. The zero-order valence-corrected chi connectivity index (χ0v) is 22.1. The van der Waals surface area contributed by atoms with Crippen molar-refractivity contribution in [1.29, 1.82) is 0 Å². The van der Waals surface area contributed by atoms with E-state index in [4.69, 9.17) is 26.6 Å². The fourth-order valence-corrected chi connectivity index (χ4v) is 4.73. The van der Waals surface area contributed by atoms with Crippen LogP contribution in [0.1, 0.15) is 17.4 Å². The van der Waals surface area contributed by atoms with E-state index in [-0.39, 0.29) is 0 Å². The number of imidazole rings is 1. The number of carbonyl (C=O) groups is 1. The number of halogens is 1. The van der Waals surface area contributed by atoms with Crippen molar-refractivity contribution in [3.63, 3.8) is 0 Å². The molecule has 0 radical (unpaired) electrons. The van der Waals surface area contributed by atoms with Crippen LogP contribution in [0.4, 0.5) is 5.82 Å². The number of amides is 1. The minimum absolute atomic E-state index is 0.334. The molecule has 0 bridgehead atoms. The van der Waals surface area contributed by atoms with E-state index in [1.807, 2.05) is 30.3 Å². The van der Waals surface area contributed by atoms with Crippen LogP contribution in [0, 0.1) is 0 Å². The van der Waals surface area contributed by atoms with Crippen molar-refractivity contribution < 1.29 is 19.4 Å². The first-order valence-electron chi connectivity index (χ1n) is 12.5. The van der Waals surface area contributed by atoms with Gasteiger partial charge in [-0.3, -0.25) is 9.36 Å². The minimum Gasteiger partial charge on any atom is -0.493 e. The van der Waals surface area contributed by atoms with Crippen LogP contribution in [0.3, 0.4) is 0 Å². The number of hydrogen-bond donors (Lipinski definition) is 3. The third kappa shape index (κ3) is 5.63. The Kier molecular flexibility index (Phi) is 8.27. The van der Waals surface area contributed by atoms with Crippen molar-refractivity contribution in [3.8, 4) is 5.75 Å². The van der Waals surface area contributed by atoms with E-state index < -0.39 is 30.4 Å². The maximum absolute atomic E-state index is 12.3. The van der Waals surface area contributed by atoms with Gasteiger partial charge in [-0.1, -0.05) is 47.0 Å². The van der Waals surface area contributed by atoms with Gasteiger partial charge in [0.2, 0.25) is 5.91 Å². The molecule has 1 fully saturated rings. The highest BCUT2D eigenvalue weighted by molar-refractivity contribution is 6.30. The van der Waals surface area contributed by atoms with Gasteiger partial charge in [-0.25, -0.2) is 15.0 Å². The summed E-state index contributed by atoms with van der Waals surface area (Å²) in [5, 5.41) is 20.7. The molecule has 4 aromatic rings. The monoisotopic (exact) mass is 563 g/mol. The fourth-order valence-electron chi connectivity index (χ4n) is 4.53. The van der Waals surface area contributed by atoms with Crippen molar-refractivity contribution in [2.75, 3.05) is 19.0 Å². The van der Waals surface area contributed by atoms with Crippen molar-refractivity contribution in [3.05, 3.63) is 87.8 Å². The third-order valence-electron chi connectivity index (χ3n) is 6.52. The number of rotatable bonds is 10. The predicted molar refractivity (Wildman–Crippen MR) is 147 cm³/mol. The second-order valence-corrected chi connectivity index (χ2v) is 9.42. The van der Waals surface area contributed by atoms with Gasteiger partial charge in [0.15, 0.2) is 23.2 Å². The molecule has 14 heteroatoms. The van der Waals surface area contributed by atoms with Crippen LogP contribution < -0.4 is 15.4 Å². The van der Waals surface area contributed by atoms with E-state index in [0.29, 0.717) is 40.9 Å². The largest absolute Gasteiger partial charge is 0.493 e. The molecule has 40 heavy (non-hydrogen) atoms. The summed E-state index contributed by atoms with van der Waals surface area (Å²) in [5.74, 6) is 0.597. The highest BCUT2D eigenvalue weighted by Gasteiger charge is 2.48. The highest BCUT2D eigenvalue weighted by atomic mass is 35.5. The number of aliphatic hydroxyl groups is 1. The molecule has 2 aromatic heterocycles. The Balaban J connectivity index is 1.34. The van der Waals surface area contributed by atoms with Gasteiger partial charge in [-0.05, 0) is 29.3 Å². The number of fused-ring (bicyclic) bond motifs is 1. The van der Waals surface area contributed by atoms with Gasteiger partial charge in [0.25, 0.3) is 0 Å². The Morgan fingerprint density at radius 2 is 2.08 bits per heavy atom. The summed E-state index contributed by atoms with van der Waals surface area (Å²) in [6.45, 7) is 0.832. The Bertz CT molecular complexity index is 1540. The smallest absolute Gasteiger partial charge is 0.249 e. The molecule has 4 atom stereocenters. The lowest BCUT2D eigenvalue weighted by atomic mass is 10.1. The molecular weight excluding hydrogens is 538 g/mol. The number of azide groups is 1. The van der Waals surface area contributed by atoms with Gasteiger partial charge in [-0.2, -0.15) is 0 Å². The van der Waals surface area contributed by atoms with Crippen LogP contribution >= 0.6 is 11.6 Å². The Labute approximate surface area is 233 Å². The SMILES string of the molecule is CNC(=O)[C@H]1O[C@@H](n2cnc3c(NCc4cc(Cl)ccc4OCCc4ccccc4)ncnc32)[C@H](O)[C@@H]1N=[N+]=[N-]. The normalized spacial score (nSPS) is 20.2. The van der Waals surface area contributed by atoms with Crippen molar-refractivity contribution in [1.82, 2.24) is 24.8 Å². The molecule has 0 unspecified atom stereocenters. The molecule has 0 saturated carbocycles. The van der Waals surface area contributed by atoms with Crippen LogP contribution in [0.25, 0.3) is 21.6 Å². The van der Waals surface area contributed by atoms with E-state index in [0.717, 1.165) is 12.0 Å². The van der Waals surface area contributed by atoms with Crippen LogP contribution in [0.2, 0.25) is 5.02 Å². The number of aromatic nitrogens is 4. The number of hydrogen-bond acceptors (Lipinski definition) is 9. The fraction of sp³-hybridized carbons (Fsp3) is 0.308. The lowest BCUT2D eigenvalue weighted by molar-refractivity contribution is -0.134. The number of likely N-dealkylation sites (N-methyl/N-ethyl adjacent to an activating group) is 1. The van der Waals surface area contributed by atoms with E-state index in [2.05, 4.69) is 47.7 Å². The number of benzene rings is 2. The average Bonchev–Trinajstić information content (AvgIpc) is 3.54. The average molecular weight is 564 g/mol. The number of carbonyl (C=O) groups excluding carboxylic acids is 1. The maximum atomic E-state index is 12.3. The first-order chi connectivity index (χ1) is 19.5. The summed E-state index contributed by atoms with van der Waals surface area (Å²) >= 11 is 6.27. The Hall–Kier alpha value is -4.42. The lowest BCUT2D eigenvalue weighted by Gasteiger charge is -2.17. The van der Waals surface area contributed by atoms with Crippen LogP contribution in [-0.2, 0) is 22.5 Å². The quantitative estimate of drug-likeness (QED) is 0.149. The summed E-state index contributed by atoms with van der Waals surface area (Å²) in [4.78, 5) is 28.1. The molecule has 3 N–H and O–H groups in total. The van der Waals surface area contributed by atoms with Crippen LogP contribution in [0.5, 0.6) is 5.75 Å². The zero-order chi connectivity index (χ0) is 28.1. The molecule has 1 amide bonds. The maximum Gasteiger partial charge on any atom is 0.249 e. The van der Waals surface area contributed by atoms with E-state index >= 15 is 0 Å². The molecule has 0 aliphatic carbocycles. The summed E-state index contributed by atoms with van der Waals surface area (Å²) < 4.78 is 13.3. The van der Waals surface area contributed by atoms with Gasteiger partial charge in [0.1, 0.15) is 30.3 Å². The second-order valence-electron chi connectivity index (χ2n) is 8.98. The van der Waals surface area contributed by atoms with Gasteiger partial charge < -0.3 is 25.2 Å². The van der Waals surface area contributed by atoms with Gasteiger partial charge in [-0.15, -0.1) is 0 Å². The molecular formula is C26H26ClN9O4. The van der Waals surface area contributed by atoms with Gasteiger partial charge >= 0.3 is 0 Å². The molecule has 5 rings (SSSR count). The van der Waals surface area contributed by atoms with Crippen LogP contribution in [-0.4, -0.2) is 62.4 Å². The first-order valence-corrected chi connectivity index (χ1v) is 12.8. The highest BCUT2D eigenvalue weighted by Crippen LogP contribution is 2.34. The molecule has 1 aliphatic heterocycles. The van der Waals surface area contributed by atoms with E-state index in [1.54, 1.807) is 6.07 Å². The van der Waals surface area contributed by atoms with Gasteiger partial charge in [0.05, 0.1) is 12.9 Å². The van der Waals surface area contributed by atoms with Crippen LogP contribution in [0.15, 0.2) is 66.3 Å². The summed E-state index contributed by atoms with van der Waals surface area (Å²) in [5.41, 5.74) is 11.7. The molecule has 2 aromatic carbocycles.